The number of fused-ring (bicyclic) bond motifs is 9. The number of benzene rings is 10. The minimum absolute atomic E-state index is 0.548. The number of allylic oxidation sites excluding steroid dienone is 1. The fraction of sp³-hybridized carbons (Fsp3) is 0.0476. The van der Waals surface area contributed by atoms with Gasteiger partial charge in [0.15, 0.2) is 0 Å². The monoisotopic (exact) mass is 829 g/mol. The fourth-order valence-electron chi connectivity index (χ4n) is 11.2. The van der Waals surface area contributed by atoms with E-state index in [0.717, 1.165) is 68.2 Å². The lowest BCUT2D eigenvalue weighted by molar-refractivity contribution is 0.673. The van der Waals surface area contributed by atoms with E-state index in [2.05, 4.69) is 242 Å². The smallest absolute Gasteiger partial charge is 0.143 e. The summed E-state index contributed by atoms with van der Waals surface area (Å²) in [7, 11) is 0. The fourth-order valence-corrected chi connectivity index (χ4v) is 11.2. The quantitative estimate of drug-likeness (QED) is 0.159. The first-order chi connectivity index (χ1) is 32.3. The molecule has 0 spiro atoms. The Kier molecular flexibility index (Phi) is 8.60. The Bertz CT molecular complexity index is 3620. The van der Waals surface area contributed by atoms with Crippen molar-refractivity contribution in [1.29, 1.82) is 0 Å². The van der Waals surface area contributed by atoms with Gasteiger partial charge >= 0.3 is 0 Å². The van der Waals surface area contributed by atoms with Crippen molar-refractivity contribution in [3.63, 3.8) is 0 Å². The van der Waals surface area contributed by atoms with Crippen LogP contribution >= 0.6 is 0 Å². The van der Waals surface area contributed by atoms with Gasteiger partial charge < -0.3 is 9.32 Å². The third-order valence-electron chi connectivity index (χ3n) is 14.0. The first kappa shape index (κ1) is 37.4. The zero-order valence-electron chi connectivity index (χ0n) is 35.8. The number of hydrogen-bond donors (Lipinski definition) is 0. The second-order valence-corrected chi connectivity index (χ2v) is 17.4. The Balaban J connectivity index is 1.12. The van der Waals surface area contributed by atoms with Gasteiger partial charge in [0, 0.05) is 32.9 Å². The normalized spacial score (nSPS) is 13.5. The number of furan rings is 1. The molecule has 0 atom stereocenters. The molecule has 1 aromatic heterocycles. The van der Waals surface area contributed by atoms with Crippen molar-refractivity contribution in [2.75, 3.05) is 4.90 Å². The van der Waals surface area contributed by atoms with Gasteiger partial charge in [0.05, 0.1) is 11.1 Å². The molecule has 1 heterocycles. The zero-order valence-corrected chi connectivity index (χ0v) is 35.8. The second kappa shape index (κ2) is 15.0. The van der Waals surface area contributed by atoms with Crippen molar-refractivity contribution in [2.45, 2.75) is 18.3 Å². The van der Waals surface area contributed by atoms with Crippen molar-refractivity contribution >= 4 is 55.8 Å². The zero-order chi connectivity index (χ0) is 42.9. The molecule has 0 amide bonds. The van der Waals surface area contributed by atoms with Gasteiger partial charge in [0.1, 0.15) is 11.2 Å². The Morgan fingerprint density at radius 1 is 0.431 bits per heavy atom. The molecule has 2 aliphatic carbocycles. The van der Waals surface area contributed by atoms with Crippen LogP contribution in [0.2, 0.25) is 0 Å². The lowest BCUT2D eigenvalue weighted by atomic mass is 9.67. The van der Waals surface area contributed by atoms with Crippen LogP contribution in [0.25, 0.3) is 72.2 Å². The predicted octanol–water partition coefficient (Wildman–Crippen LogP) is 16.9. The maximum Gasteiger partial charge on any atom is 0.143 e. The Labute approximate surface area is 379 Å². The molecule has 0 N–H and O–H groups in total. The molecule has 0 unspecified atom stereocenters. The van der Waals surface area contributed by atoms with E-state index < -0.39 is 5.41 Å². The number of anilines is 3. The minimum Gasteiger partial charge on any atom is -0.455 e. The van der Waals surface area contributed by atoms with Crippen LogP contribution in [0.1, 0.15) is 39.8 Å². The molecule has 65 heavy (non-hydrogen) atoms. The van der Waals surface area contributed by atoms with Gasteiger partial charge in [0.2, 0.25) is 0 Å². The van der Waals surface area contributed by atoms with Gasteiger partial charge in [0.25, 0.3) is 0 Å². The van der Waals surface area contributed by atoms with Gasteiger partial charge in [-0.05, 0) is 116 Å². The van der Waals surface area contributed by atoms with Crippen LogP contribution in [0.4, 0.5) is 17.1 Å². The summed E-state index contributed by atoms with van der Waals surface area (Å²) < 4.78 is 6.98. The highest BCUT2D eigenvalue weighted by Crippen LogP contribution is 2.58. The molecule has 306 valence electrons. The van der Waals surface area contributed by atoms with E-state index in [-0.39, 0.29) is 0 Å². The lowest BCUT2D eigenvalue weighted by Crippen LogP contribution is -2.28. The molecule has 2 nitrogen and oxygen atoms in total. The van der Waals surface area contributed by atoms with Gasteiger partial charge in [-0.25, -0.2) is 0 Å². The molecule has 2 aliphatic rings. The van der Waals surface area contributed by atoms with E-state index in [4.69, 9.17) is 4.42 Å². The summed E-state index contributed by atoms with van der Waals surface area (Å²) in [6, 6.07) is 82.6. The van der Waals surface area contributed by atoms with E-state index >= 15 is 0 Å². The molecular weight excluding hydrogens is 787 g/mol. The van der Waals surface area contributed by atoms with Crippen molar-refractivity contribution in [2.24, 2.45) is 0 Å². The van der Waals surface area contributed by atoms with Gasteiger partial charge in [-0.15, -0.1) is 0 Å². The average Bonchev–Trinajstić information content (AvgIpc) is 3.91. The van der Waals surface area contributed by atoms with Crippen LogP contribution in [0.3, 0.4) is 0 Å². The molecule has 0 saturated heterocycles. The SMILES string of the molecule is C1=Cc2cccc(-c3cccc4oc5c6ccccc6c(N(c6cccc(-c7ccccc7)c6)c6ccc7c(c6)C(c6ccccc6)(c6ccccc6)c6ccccc6-7)cc5c34)c2CC1. The Morgan fingerprint density at radius 3 is 1.88 bits per heavy atom. The van der Waals surface area contributed by atoms with Crippen LogP contribution in [-0.2, 0) is 11.8 Å². The summed E-state index contributed by atoms with van der Waals surface area (Å²) >= 11 is 0. The number of rotatable bonds is 7. The third-order valence-corrected chi connectivity index (χ3v) is 14.0. The standard InChI is InChI=1S/C63H43NO/c1-4-19-42(20-5-1)44-23-16-28-47(39-44)64(48-37-38-52-51-30-14-15-35-57(51)63(58(52)40-48,45-24-6-2-7-25-45)46-26-8-3-9-27-46)59-41-56-61-54(50-33-17-22-43-21-10-11-29-49(43)50)34-18-36-60(61)65-62(56)55-32-13-12-31-53(55)59/h1-10,12-28,30-41H,11,29H2. The highest BCUT2D eigenvalue weighted by Gasteiger charge is 2.46. The Hall–Kier alpha value is -8.20. The largest absolute Gasteiger partial charge is 0.455 e. The molecule has 0 radical (unpaired) electrons. The summed E-state index contributed by atoms with van der Waals surface area (Å²) in [5, 5.41) is 4.45. The molecule has 0 fully saturated rings. The number of hydrogen-bond acceptors (Lipinski definition) is 2. The van der Waals surface area contributed by atoms with E-state index in [0.29, 0.717) is 0 Å². The van der Waals surface area contributed by atoms with E-state index in [1.807, 2.05) is 0 Å². The van der Waals surface area contributed by atoms with E-state index in [1.165, 1.54) is 61.2 Å². The highest BCUT2D eigenvalue weighted by molar-refractivity contribution is 6.22. The van der Waals surface area contributed by atoms with Crippen molar-refractivity contribution < 1.29 is 4.42 Å². The maximum atomic E-state index is 6.98. The summed E-state index contributed by atoms with van der Waals surface area (Å²) in [6.45, 7) is 0. The average molecular weight is 830 g/mol. The molecule has 13 rings (SSSR count). The first-order valence-electron chi connectivity index (χ1n) is 22.7. The molecule has 11 aromatic rings. The van der Waals surface area contributed by atoms with Crippen LogP contribution in [0, 0.1) is 0 Å². The van der Waals surface area contributed by atoms with Crippen LogP contribution in [-0.4, -0.2) is 0 Å². The Morgan fingerprint density at radius 2 is 1.06 bits per heavy atom. The van der Waals surface area contributed by atoms with E-state index in [9.17, 15) is 0 Å². The predicted molar refractivity (Wildman–Crippen MR) is 271 cm³/mol. The van der Waals surface area contributed by atoms with Crippen molar-refractivity contribution in [3.05, 3.63) is 264 Å². The minimum atomic E-state index is -0.548. The molecule has 2 heteroatoms. The molecule has 0 aliphatic heterocycles. The summed E-state index contributed by atoms with van der Waals surface area (Å²) in [5.74, 6) is 0. The van der Waals surface area contributed by atoms with Crippen molar-refractivity contribution in [3.8, 4) is 33.4 Å². The highest BCUT2D eigenvalue weighted by atomic mass is 16.3. The summed E-state index contributed by atoms with van der Waals surface area (Å²) in [6.07, 6.45) is 6.63. The maximum absolute atomic E-state index is 6.98. The van der Waals surface area contributed by atoms with Crippen LogP contribution < -0.4 is 4.90 Å². The second-order valence-electron chi connectivity index (χ2n) is 17.4. The number of nitrogens with zero attached hydrogens (tertiary/aromatic N) is 1. The third kappa shape index (κ3) is 5.74. The van der Waals surface area contributed by atoms with Gasteiger partial charge in [-0.3, -0.25) is 0 Å². The van der Waals surface area contributed by atoms with E-state index in [1.54, 1.807) is 0 Å². The molecule has 10 aromatic carbocycles. The van der Waals surface area contributed by atoms with Crippen LogP contribution in [0.15, 0.2) is 235 Å². The first-order valence-corrected chi connectivity index (χ1v) is 22.7. The molecular formula is C63H43NO. The summed E-state index contributed by atoms with van der Waals surface area (Å²) in [5.41, 5.74) is 19.6. The van der Waals surface area contributed by atoms with Gasteiger partial charge in [-0.2, -0.15) is 0 Å². The molecule has 0 saturated carbocycles. The van der Waals surface area contributed by atoms with Crippen LogP contribution in [0.5, 0.6) is 0 Å². The van der Waals surface area contributed by atoms with Crippen molar-refractivity contribution in [1.82, 2.24) is 0 Å². The van der Waals surface area contributed by atoms with Gasteiger partial charge in [-0.1, -0.05) is 200 Å². The topological polar surface area (TPSA) is 16.4 Å². The lowest BCUT2D eigenvalue weighted by Gasteiger charge is -2.35. The molecule has 0 bridgehead atoms. The summed E-state index contributed by atoms with van der Waals surface area (Å²) in [4.78, 5) is 2.49.